The van der Waals surface area contributed by atoms with Gasteiger partial charge in [-0.2, -0.15) is 0 Å². The number of aryl methyl sites for hydroxylation is 1. The highest BCUT2D eigenvalue weighted by Gasteiger charge is 2.59. The van der Waals surface area contributed by atoms with Gasteiger partial charge in [0.25, 0.3) is 0 Å². The fourth-order valence-corrected chi connectivity index (χ4v) is 5.21. The van der Waals surface area contributed by atoms with Crippen LogP contribution in [0.2, 0.25) is 5.02 Å². The van der Waals surface area contributed by atoms with E-state index >= 15 is 0 Å². The van der Waals surface area contributed by atoms with Gasteiger partial charge in [-0.3, -0.25) is 4.79 Å². The highest BCUT2D eigenvalue weighted by atomic mass is 35.5. The number of rotatable bonds is 5. The number of halogens is 1. The number of hydrogen-bond donors (Lipinski definition) is 1. The number of carbonyl (C=O) groups excluding carboxylic acids is 1. The summed E-state index contributed by atoms with van der Waals surface area (Å²) >= 11 is 6.03. The Bertz CT molecular complexity index is 1090. The number of fused-ring (bicyclic) bond motifs is 5. The molecule has 4 atom stereocenters. The number of nitrogens with zero attached hydrogens (tertiary/aromatic N) is 1. The van der Waals surface area contributed by atoms with Gasteiger partial charge in [0, 0.05) is 6.07 Å². The molecule has 30 heavy (non-hydrogen) atoms. The Labute approximate surface area is 178 Å². The van der Waals surface area contributed by atoms with Crippen molar-refractivity contribution in [1.82, 2.24) is 0 Å². The molecule has 1 aliphatic carbocycles. The van der Waals surface area contributed by atoms with E-state index < -0.39 is 0 Å². The fourth-order valence-electron chi connectivity index (χ4n) is 5.01. The minimum absolute atomic E-state index is 0.0407. The van der Waals surface area contributed by atoms with Gasteiger partial charge in [0.2, 0.25) is 0 Å². The molecule has 2 bridgehead atoms. The van der Waals surface area contributed by atoms with Gasteiger partial charge in [-0.05, 0) is 59.8 Å². The van der Waals surface area contributed by atoms with Crippen molar-refractivity contribution in [3.8, 4) is 11.5 Å². The van der Waals surface area contributed by atoms with Gasteiger partial charge in [0.15, 0.2) is 5.78 Å². The van der Waals surface area contributed by atoms with Crippen molar-refractivity contribution in [1.29, 1.82) is 0 Å². The van der Waals surface area contributed by atoms with Gasteiger partial charge >= 0.3 is 0 Å². The summed E-state index contributed by atoms with van der Waals surface area (Å²) in [7, 11) is 0. The predicted molar refractivity (Wildman–Crippen MR) is 112 cm³/mol. The number of aliphatic hydroxyl groups excluding tert-OH is 1. The zero-order valence-electron chi connectivity index (χ0n) is 16.3. The van der Waals surface area contributed by atoms with E-state index in [-0.39, 0.29) is 46.3 Å². The van der Waals surface area contributed by atoms with Gasteiger partial charge in [0.05, 0.1) is 34.6 Å². The van der Waals surface area contributed by atoms with Crippen LogP contribution in [0.3, 0.4) is 0 Å². The van der Waals surface area contributed by atoms with Crippen LogP contribution in [0.15, 0.2) is 47.3 Å². The molecule has 154 valence electrons. The van der Waals surface area contributed by atoms with Crippen LogP contribution >= 0.6 is 11.6 Å². The Kier molecular flexibility index (Phi) is 4.64. The molecule has 2 saturated heterocycles. The number of benzene rings is 2. The van der Waals surface area contributed by atoms with Gasteiger partial charge in [-0.15, -0.1) is 4.91 Å². The second-order valence-electron chi connectivity index (χ2n) is 7.95. The zero-order valence-corrected chi connectivity index (χ0v) is 17.1. The number of carbonyl (C=O) groups is 1. The first kappa shape index (κ1) is 19.3. The van der Waals surface area contributed by atoms with Crippen molar-refractivity contribution in [3.05, 3.63) is 63.2 Å². The first-order valence-electron chi connectivity index (χ1n) is 10.1. The van der Waals surface area contributed by atoms with Crippen molar-refractivity contribution in [2.45, 2.75) is 38.4 Å². The normalized spacial score (nSPS) is 26.9. The molecule has 3 aliphatic rings. The molecule has 0 spiro atoms. The van der Waals surface area contributed by atoms with Crippen molar-refractivity contribution in [3.63, 3.8) is 0 Å². The molecule has 0 amide bonds. The first-order chi connectivity index (χ1) is 14.5. The minimum Gasteiger partial charge on any atom is -0.511 e. The van der Waals surface area contributed by atoms with E-state index in [2.05, 4.69) is 5.18 Å². The highest BCUT2D eigenvalue weighted by Crippen LogP contribution is 2.54. The molecule has 0 aromatic heterocycles. The van der Waals surface area contributed by atoms with E-state index in [0.717, 1.165) is 18.4 Å². The third-order valence-electron chi connectivity index (χ3n) is 6.38. The Hall–Kier alpha value is -2.70. The molecule has 2 aromatic rings. The summed E-state index contributed by atoms with van der Waals surface area (Å²) in [5.74, 6) is 0.545. The number of nitroso groups, excluding NO2 is 1. The summed E-state index contributed by atoms with van der Waals surface area (Å²) in [6, 6.07) is 10.1. The Morgan fingerprint density at radius 3 is 2.50 bits per heavy atom. The highest BCUT2D eigenvalue weighted by molar-refractivity contribution is 6.33. The molecule has 2 aromatic carbocycles. The molecule has 2 aliphatic heterocycles. The third-order valence-corrected chi connectivity index (χ3v) is 6.68. The quantitative estimate of drug-likeness (QED) is 0.617. The van der Waals surface area contributed by atoms with E-state index in [1.807, 2.05) is 19.1 Å². The lowest BCUT2D eigenvalue weighted by molar-refractivity contribution is -0.118. The van der Waals surface area contributed by atoms with Crippen LogP contribution in [0.25, 0.3) is 5.57 Å². The second kappa shape index (κ2) is 7.22. The summed E-state index contributed by atoms with van der Waals surface area (Å²) < 4.78 is 11.8. The fraction of sp³-hybridized carbons (Fsp3) is 0.348. The number of hydrogen-bond acceptors (Lipinski definition) is 6. The lowest BCUT2D eigenvalue weighted by Crippen LogP contribution is -2.29. The number of ether oxygens (including phenoxy) is 2. The number of allylic oxidation sites excluding steroid dienone is 1. The largest absolute Gasteiger partial charge is 0.511 e. The summed E-state index contributed by atoms with van der Waals surface area (Å²) in [6.07, 6.45) is 2.30. The van der Waals surface area contributed by atoms with Crippen molar-refractivity contribution < 1.29 is 19.4 Å². The van der Waals surface area contributed by atoms with Gasteiger partial charge < -0.3 is 14.6 Å². The lowest BCUT2D eigenvalue weighted by atomic mass is 9.80. The molecule has 0 radical (unpaired) electrons. The Morgan fingerprint density at radius 2 is 1.83 bits per heavy atom. The van der Waals surface area contributed by atoms with Crippen LogP contribution in [-0.4, -0.2) is 23.1 Å². The smallest absolute Gasteiger partial charge is 0.173 e. The number of ketones is 1. The lowest BCUT2D eigenvalue weighted by Gasteiger charge is -2.19. The van der Waals surface area contributed by atoms with Crippen molar-refractivity contribution in [2.75, 3.05) is 0 Å². The van der Waals surface area contributed by atoms with Crippen LogP contribution in [0.4, 0.5) is 5.69 Å². The van der Waals surface area contributed by atoms with Gasteiger partial charge in [0.1, 0.15) is 22.9 Å². The van der Waals surface area contributed by atoms with Gasteiger partial charge in [-0.25, -0.2) is 0 Å². The molecule has 4 unspecified atom stereocenters. The van der Waals surface area contributed by atoms with E-state index in [1.54, 1.807) is 12.1 Å². The topological polar surface area (TPSA) is 85.2 Å². The van der Waals surface area contributed by atoms with Crippen LogP contribution < -0.4 is 4.74 Å². The molecular formula is C23H20ClNO5. The number of Topliss-reactive ketones (excluding diaryl/α,β-unsaturated/α-hetero) is 1. The maximum Gasteiger partial charge on any atom is 0.173 e. The van der Waals surface area contributed by atoms with Crippen molar-refractivity contribution in [2.24, 2.45) is 17.0 Å². The average Bonchev–Trinajstić information content (AvgIpc) is 3.42. The summed E-state index contributed by atoms with van der Waals surface area (Å²) in [5, 5.41) is 14.0. The van der Waals surface area contributed by atoms with E-state index in [1.165, 1.54) is 12.1 Å². The standard InChI is InChI=1S/C23H20ClNO5/c1-2-11-3-4-12(29-13-5-6-16(25-28)15(24)10-13)9-14(11)19-22(26)20-17-7-8-18(30-17)21(20)23(19)27/h3-6,9-10,17-18,20-21,26H,2,7-8H2,1H3. The molecule has 0 saturated carbocycles. The molecule has 1 N–H and O–H groups in total. The SMILES string of the molecule is CCc1ccc(Oc2ccc(N=O)c(Cl)c2)cc1C1=C(O)C2C3CCC(O3)C2C1=O. The summed E-state index contributed by atoms with van der Waals surface area (Å²) in [6.45, 7) is 2.01. The molecule has 2 heterocycles. The minimum atomic E-state index is -0.282. The van der Waals surface area contributed by atoms with Crippen LogP contribution in [-0.2, 0) is 16.0 Å². The van der Waals surface area contributed by atoms with E-state index in [9.17, 15) is 14.8 Å². The maximum atomic E-state index is 13.2. The summed E-state index contributed by atoms with van der Waals surface area (Å²) in [4.78, 5) is 24.0. The Balaban J connectivity index is 1.52. The molecule has 7 heteroatoms. The van der Waals surface area contributed by atoms with E-state index in [0.29, 0.717) is 29.1 Å². The summed E-state index contributed by atoms with van der Waals surface area (Å²) in [5.41, 5.74) is 2.19. The maximum absolute atomic E-state index is 13.2. The molecule has 6 nitrogen and oxygen atoms in total. The van der Waals surface area contributed by atoms with E-state index in [4.69, 9.17) is 21.1 Å². The molecule has 2 fully saturated rings. The predicted octanol–water partition coefficient (Wildman–Crippen LogP) is 5.74. The zero-order chi connectivity index (χ0) is 21.0. The Morgan fingerprint density at radius 1 is 1.13 bits per heavy atom. The van der Waals surface area contributed by atoms with Crippen LogP contribution in [0.5, 0.6) is 11.5 Å². The van der Waals surface area contributed by atoms with Gasteiger partial charge in [-0.1, -0.05) is 24.6 Å². The monoisotopic (exact) mass is 425 g/mol. The first-order valence-corrected chi connectivity index (χ1v) is 10.5. The van der Waals surface area contributed by atoms with Crippen LogP contribution in [0, 0.1) is 16.7 Å². The average molecular weight is 426 g/mol. The molecule has 5 rings (SSSR count). The van der Waals surface area contributed by atoms with Crippen molar-refractivity contribution >= 4 is 28.6 Å². The number of aliphatic hydroxyl groups is 1. The second-order valence-corrected chi connectivity index (χ2v) is 8.35. The molecular weight excluding hydrogens is 406 g/mol. The van der Waals surface area contributed by atoms with Crippen LogP contribution in [0.1, 0.15) is 30.9 Å². The third kappa shape index (κ3) is 2.86.